The van der Waals surface area contributed by atoms with Crippen LogP contribution in [0.15, 0.2) is 6.20 Å². The molecule has 0 spiro atoms. The number of aliphatic hydroxyl groups excluding tert-OH is 1. The lowest BCUT2D eigenvalue weighted by atomic mass is 9.93. The topological polar surface area (TPSA) is 122 Å². The zero-order chi connectivity index (χ0) is 18.5. The molecule has 2 fully saturated rings. The van der Waals surface area contributed by atoms with E-state index in [1.807, 2.05) is 0 Å². The number of anilines is 2. The number of nitrogens with two attached hydrogens (primary N) is 1. The maximum atomic E-state index is 11.7. The van der Waals surface area contributed by atoms with Crippen molar-refractivity contribution in [3.05, 3.63) is 11.8 Å². The smallest absolute Gasteiger partial charge is 0.254 e. The zero-order valence-electron chi connectivity index (χ0n) is 15.3. The third-order valence-corrected chi connectivity index (χ3v) is 5.43. The number of hydrogen-bond donors (Lipinski definition) is 4. The molecule has 0 radical (unpaired) electrons. The highest BCUT2D eigenvalue weighted by Crippen LogP contribution is 2.25. The van der Waals surface area contributed by atoms with Gasteiger partial charge in [0.2, 0.25) is 5.95 Å². The van der Waals surface area contributed by atoms with E-state index in [1.54, 1.807) is 7.11 Å². The van der Waals surface area contributed by atoms with Gasteiger partial charge in [0.25, 0.3) is 5.91 Å². The molecule has 8 heteroatoms. The van der Waals surface area contributed by atoms with Gasteiger partial charge in [-0.2, -0.15) is 4.98 Å². The number of methoxy groups -OCH3 is 1. The number of aliphatic hydroxyl groups is 1. The standard InChI is InChI=1S/C18H29N5O3/c1-26-14-8-4-12(5-9-14)22-18-20-10-15(16(19)25)17(23-18)21-11-2-6-13(24)7-3-11/h10-14,24H,2-9H2,1H3,(H2,19,25)(H2,20,21,22,23)/t11?,12-,13?,14-. The molecule has 1 heterocycles. The zero-order valence-corrected chi connectivity index (χ0v) is 15.3. The Balaban J connectivity index is 1.67. The predicted molar refractivity (Wildman–Crippen MR) is 99.1 cm³/mol. The highest BCUT2D eigenvalue weighted by atomic mass is 16.5. The Bertz CT molecular complexity index is 611. The second-order valence-corrected chi connectivity index (χ2v) is 7.32. The van der Waals surface area contributed by atoms with Crippen molar-refractivity contribution >= 4 is 17.7 Å². The first-order chi connectivity index (χ1) is 12.5. The van der Waals surface area contributed by atoms with E-state index >= 15 is 0 Å². The van der Waals surface area contributed by atoms with E-state index in [2.05, 4.69) is 20.6 Å². The molecular formula is C18H29N5O3. The lowest BCUT2D eigenvalue weighted by Gasteiger charge is -2.29. The molecule has 0 saturated heterocycles. The Hall–Kier alpha value is -1.93. The predicted octanol–water partition coefficient (Wildman–Crippen LogP) is 1.66. The van der Waals surface area contributed by atoms with Crippen LogP contribution >= 0.6 is 0 Å². The number of amides is 1. The number of carbonyl (C=O) groups excluding carboxylic acids is 1. The van der Waals surface area contributed by atoms with Gasteiger partial charge in [-0.15, -0.1) is 0 Å². The Labute approximate surface area is 153 Å². The fourth-order valence-corrected chi connectivity index (χ4v) is 3.78. The summed E-state index contributed by atoms with van der Waals surface area (Å²) >= 11 is 0. The van der Waals surface area contributed by atoms with Crippen molar-refractivity contribution in [2.24, 2.45) is 5.73 Å². The van der Waals surface area contributed by atoms with E-state index in [1.165, 1.54) is 6.20 Å². The van der Waals surface area contributed by atoms with E-state index < -0.39 is 5.91 Å². The van der Waals surface area contributed by atoms with Gasteiger partial charge in [-0.1, -0.05) is 0 Å². The number of carbonyl (C=O) groups is 1. The molecule has 8 nitrogen and oxygen atoms in total. The first kappa shape index (κ1) is 18.8. The summed E-state index contributed by atoms with van der Waals surface area (Å²) in [6.45, 7) is 0. The van der Waals surface area contributed by atoms with E-state index in [4.69, 9.17) is 10.5 Å². The van der Waals surface area contributed by atoms with Gasteiger partial charge in [0, 0.05) is 25.4 Å². The molecule has 3 rings (SSSR count). The van der Waals surface area contributed by atoms with Crippen molar-refractivity contribution in [1.82, 2.24) is 9.97 Å². The highest BCUT2D eigenvalue weighted by Gasteiger charge is 2.24. The SMILES string of the molecule is CO[C@H]1CC[C@H](Nc2ncc(C(N)=O)c(NC3CCC(O)CC3)n2)CC1. The number of hydrogen-bond acceptors (Lipinski definition) is 7. The third kappa shape index (κ3) is 4.82. The van der Waals surface area contributed by atoms with E-state index in [9.17, 15) is 9.90 Å². The van der Waals surface area contributed by atoms with Crippen LogP contribution in [0.3, 0.4) is 0 Å². The maximum Gasteiger partial charge on any atom is 0.254 e. The number of rotatable bonds is 6. The Morgan fingerprint density at radius 3 is 2.35 bits per heavy atom. The molecule has 5 N–H and O–H groups in total. The lowest BCUT2D eigenvalue weighted by Crippen LogP contribution is -2.31. The number of nitrogens with one attached hydrogen (secondary N) is 2. The number of aromatic nitrogens is 2. The summed E-state index contributed by atoms with van der Waals surface area (Å²) in [5.74, 6) is 0.437. The molecule has 1 aromatic heterocycles. The van der Waals surface area contributed by atoms with E-state index in [0.717, 1.165) is 51.4 Å². The van der Waals surface area contributed by atoms with Crippen LogP contribution in [0.25, 0.3) is 0 Å². The van der Waals surface area contributed by atoms with Crippen molar-refractivity contribution in [2.75, 3.05) is 17.7 Å². The highest BCUT2D eigenvalue weighted by molar-refractivity contribution is 5.97. The largest absolute Gasteiger partial charge is 0.393 e. The van der Waals surface area contributed by atoms with Crippen LogP contribution in [0.4, 0.5) is 11.8 Å². The molecule has 0 aliphatic heterocycles. The average molecular weight is 363 g/mol. The monoisotopic (exact) mass is 363 g/mol. The summed E-state index contributed by atoms with van der Waals surface area (Å²) in [7, 11) is 1.76. The molecule has 2 saturated carbocycles. The normalized spacial score (nSPS) is 29.2. The number of primary amides is 1. The molecule has 0 unspecified atom stereocenters. The molecule has 0 atom stereocenters. The van der Waals surface area contributed by atoms with E-state index in [0.29, 0.717) is 29.5 Å². The third-order valence-electron chi connectivity index (χ3n) is 5.43. The fourth-order valence-electron chi connectivity index (χ4n) is 3.78. The Morgan fingerprint density at radius 2 is 1.73 bits per heavy atom. The summed E-state index contributed by atoms with van der Waals surface area (Å²) in [4.78, 5) is 20.5. The van der Waals surface area contributed by atoms with Crippen molar-refractivity contribution in [1.29, 1.82) is 0 Å². The summed E-state index contributed by atoms with van der Waals surface area (Å²) in [5, 5.41) is 16.3. The average Bonchev–Trinajstić information content (AvgIpc) is 2.64. The van der Waals surface area contributed by atoms with Gasteiger partial charge >= 0.3 is 0 Å². The lowest BCUT2D eigenvalue weighted by molar-refractivity contribution is 0.0681. The van der Waals surface area contributed by atoms with Gasteiger partial charge in [0.05, 0.1) is 17.8 Å². The molecule has 1 aromatic rings. The summed E-state index contributed by atoms with van der Waals surface area (Å²) in [6, 6.07) is 0.481. The van der Waals surface area contributed by atoms with Crippen molar-refractivity contribution in [3.63, 3.8) is 0 Å². The quantitative estimate of drug-likeness (QED) is 0.606. The molecular weight excluding hydrogens is 334 g/mol. The molecule has 26 heavy (non-hydrogen) atoms. The minimum Gasteiger partial charge on any atom is -0.393 e. The van der Waals surface area contributed by atoms with Gasteiger partial charge in [0.15, 0.2) is 0 Å². The first-order valence-electron chi connectivity index (χ1n) is 9.46. The van der Waals surface area contributed by atoms with Gasteiger partial charge in [-0.05, 0) is 51.4 Å². The van der Waals surface area contributed by atoms with Crippen LogP contribution < -0.4 is 16.4 Å². The molecule has 144 valence electrons. The van der Waals surface area contributed by atoms with Crippen LogP contribution in [0, 0.1) is 0 Å². The van der Waals surface area contributed by atoms with Crippen molar-refractivity contribution in [3.8, 4) is 0 Å². The number of ether oxygens (including phenoxy) is 1. The molecule has 2 aliphatic rings. The van der Waals surface area contributed by atoms with Gasteiger partial charge < -0.3 is 26.2 Å². The summed E-state index contributed by atoms with van der Waals surface area (Å²) in [5.41, 5.74) is 5.77. The molecule has 1 amide bonds. The van der Waals surface area contributed by atoms with Gasteiger partial charge in [0.1, 0.15) is 5.82 Å². The maximum absolute atomic E-state index is 11.7. The minimum atomic E-state index is -0.546. The van der Waals surface area contributed by atoms with Gasteiger partial charge in [-0.25, -0.2) is 4.98 Å². The minimum absolute atomic E-state index is 0.177. The van der Waals surface area contributed by atoms with Crippen LogP contribution in [-0.2, 0) is 4.74 Å². The number of nitrogens with zero attached hydrogens (tertiary/aromatic N) is 2. The summed E-state index contributed by atoms with van der Waals surface area (Å²) < 4.78 is 5.40. The van der Waals surface area contributed by atoms with Crippen molar-refractivity contribution < 1.29 is 14.6 Å². The second-order valence-electron chi connectivity index (χ2n) is 7.32. The van der Waals surface area contributed by atoms with Crippen LogP contribution in [0.5, 0.6) is 0 Å². The molecule has 0 bridgehead atoms. The Kier molecular flexibility index (Phi) is 6.26. The van der Waals surface area contributed by atoms with Crippen LogP contribution in [0.1, 0.15) is 61.7 Å². The molecule has 0 aromatic carbocycles. The first-order valence-corrected chi connectivity index (χ1v) is 9.46. The van der Waals surface area contributed by atoms with Crippen LogP contribution in [0.2, 0.25) is 0 Å². The fraction of sp³-hybridized carbons (Fsp3) is 0.722. The summed E-state index contributed by atoms with van der Waals surface area (Å²) in [6.07, 6.45) is 8.82. The second kappa shape index (κ2) is 8.64. The van der Waals surface area contributed by atoms with Gasteiger partial charge in [-0.3, -0.25) is 4.79 Å². The molecule has 2 aliphatic carbocycles. The Morgan fingerprint density at radius 1 is 1.12 bits per heavy atom. The van der Waals surface area contributed by atoms with Crippen molar-refractivity contribution in [2.45, 2.75) is 75.7 Å². The van der Waals surface area contributed by atoms with E-state index in [-0.39, 0.29) is 12.1 Å². The van der Waals surface area contributed by atoms with Crippen LogP contribution in [-0.4, -0.2) is 52.4 Å².